The number of hydrogen-bond acceptors (Lipinski definition) is 5. The van der Waals surface area contributed by atoms with Crippen molar-refractivity contribution in [1.29, 1.82) is 0 Å². The zero-order chi connectivity index (χ0) is 25.8. The second-order valence-electron chi connectivity index (χ2n) is 10.2. The SMILES string of the molecule is CC[C@H](C)[C@H](CO)N1C(=O)[C@@H]2[C@H]3C(=O)N(C)CC=C[C@H]3O[C@@]23C=CCN(c2ccccc2Cl)C(=O)C13. The molecule has 192 valence electrons. The average molecular weight is 514 g/mol. The molecule has 1 N–H and O–H groups in total. The Labute approximate surface area is 216 Å². The molecule has 7 atom stereocenters. The smallest absolute Gasteiger partial charge is 0.253 e. The zero-order valence-electron chi connectivity index (χ0n) is 20.7. The minimum atomic E-state index is -1.33. The van der Waals surface area contributed by atoms with Crippen LogP contribution in [0.1, 0.15) is 20.3 Å². The summed E-state index contributed by atoms with van der Waals surface area (Å²) in [6, 6.07) is 5.43. The highest BCUT2D eigenvalue weighted by Gasteiger charge is 2.72. The number of anilines is 1. The number of hydrogen-bond donors (Lipinski definition) is 1. The molecule has 2 saturated heterocycles. The molecule has 2 fully saturated rings. The van der Waals surface area contributed by atoms with E-state index in [1.165, 1.54) is 4.90 Å². The molecule has 1 aromatic carbocycles. The second-order valence-corrected chi connectivity index (χ2v) is 10.6. The number of likely N-dealkylation sites (N-methyl/N-ethyl adjacent to an activating group) is 1. The van der Waals surface area contributed by atoms with E-state index >= 15 is 0 Å². The predicted molar refractivity (Wildman–Crippen MR) is 135 cm³/mol. The van der Waals surface area contributed by atoms with Crippen LogP contribution in [-0.4, -0.2) is 83.2 Å². The number of carbonyl (C=O) groups is 3. The summed E-state index contributed by atoms with van der Waals surface area (Å²) in [6.07, 6.45) is 7.41. The van der Waals surface area contributed by atoms with Crippen LogP contribution in [0.15, 0.2) is 48.6 Å². The van der Waals surface area contributed by atoms with Gasteiger partial charge in [0.25, 0.3) is 5.91 Å². The molecule has 4 heterocycles. The maximum atomic E-state index is 14.4. The monoisotopic (exact) mass is 513 g/mol. The summed E-state index contributed by atoms with van der Waals surface area (Å²) >= 11 is 6.48. The molecule has 36 heavy (non-hydrogen) atoms. The molecular weight excluding hydrogens is 482 g/mol. The standard InChI is InChI=1S/C27H32ClN3O5/c1-4-16(2)19(15-32)31-23-26(35)30(18-10-6-5-9-17(18)28)14-8-12-27(23)22(25(31)34)21-20(36-27)11-7-13-29(3)24(21)33/h5-12,16,19-23,32H,4,13-15H2,1-3H3/t16-,19-,20+,21-,22-,23?,27-/m0/s1. The van der Waals surface area contributed by atoms with Gasteiger partial charge in [0, 0.05) is 20.1 Å². The molecule has 0 radical (unpaired) electrons. The van der Waals surface area contributed by atoms with Crippen molar-refractivity contribution in [3.63, 3.8) is 0 Å². The molecule has 0 aliphatic carbocycles. The van der Waals surface area contributed by atoms with Gasteiger partial charge in [-0.1, -0.05) is 68.3 Å². The number of halogens is 1. The van der Waals surface area contributed by atoms with E-state index in [1.54, 1.807) is 47.2 Å². The Morgan fingerprint density at radius 2 is 1.89 bits per heavy atom. The van der Waals surface area contributed by atoms with Crippen molar-refractivity contribution in [2.24, 2.45) is 17.8 Å². The molecule has 1 unspecified atom stereocenters. The third kappa shape index (κ3) is 3.53. The number of fused-ring (bicyclic) bond motifs is 2. The molecular formula is C27H32ClN3O5. The molecule has 0 saturated carbocycles. The lowest BCUT2D eigenvalue weighted by Crippen LogP contribution is -2.59. The number of para-hydroxylation sites is 1. The minimum Gasteiger partial charge on any atom is -0.394 e. The third-order valence-corrected chi connectivity index (χ3v) is 8.61. The highest BCUT2D eigenvalue weighted by Crippen LogP contribution is 2.54. The molecule has 9 heteroatoms. The quantitative estimate of drug-likeness (QED) is 0.610. The number of benzene rings is 1. The molecule has 4 aliphatic rings. The van der Waals surface area contributed by atoms with E-state index in [0.29, 0.717) is 23.7 Å². The number of carbonyl (C=O) groups excluding carboxylic acids is 3. The molecule has 1 aromatic rings. The van der Waals surface area contributed by atoms with Crippen LogP contribution in [0.3, 0.4) is 0 Å². The Kier molecular flexibility index (Phi) is 6.47. The van der Waals surface area contributed by atoms with Crippen LogP contribution in [0.2, 0.25) is 5.02 Å². The van der Waals surface area contributed by atoms with Crippen LogP contribution in [0.5, 0.6) is 0 Å². The van der Waals surface area contributed by atoms with Crippen molar-refractivity contribution in [1.82, 2.24) is 9.80 Å². The molecule has 1 spiro atoms. The fourth-order valence-corrected chi connectivity index (χ4v) is 6.50. The van der Waals surface area contributed by atoms with Gasteiger partial charge in [-0.05, 0) is 18.1 Å². The van der Waals surface area contributed by atoms with Crippen molar-refractivity contribution in [2.75, 3.05) is 31.6 Å². The summed E-state index contributed by atoms with van der Waals surface area (Å²) < 4.78 is 6.61. The Morgan fingerprint density at radius 3 is 2.58 bits per heavy atom. The number of nitrogens with zero attached hydrogens (tertiary/aromatic N) is 3. The van der Waals surface area contributed by atoms with Gasteiger partial charge in [0.2, 0.25) is 11.8 Å². The lowest BCUT2D eigenvalue weighted by Gasteiger charge is -2.40. The lowest BCUT2D eigenvalue weighted by molar-refractivity contribution is -0.147. The van der Waals surface area contributed by atoms with E-state index in [-0.39, 0.29) is 36.8 Å². The molecule has 8 nitrogen and oxygen atoms in total. The van der Waals surface area contributed by atoms with Gasteiger partial charge in [-0.15, -0.1) is 0 Å². The molecule has 3 amide bonds. The van der Waals surface area contributed by atoms with Crippen LogP contribution in [-0.2, 0) is 19.1 Å². The normalized spacial score (nSPS) is 33.2. The van der Waals surface area contributed by atoms with Crippen molar-refractivity contribution >= 4 is 35.0 Å². The molecule has 0 bridgehead atoms. The summed E-state index contributed by atoms with van der Waals surface area (Å²) in [4.78, 5) is 46.8. The average Bonchev–Trinajstić information content (AvgIpc) is 3.19. The number of amides is 3. The van der Waals surface area contributed by atoms with Crippen molar-refractivity contribution in [2.45, 2.75) is 44.1 Å². The van der Waals surface area contributed by atoms with Gasteiger partial charge in [-0.2, -0.15) is 0 Å². The van der Waals surface area contributed by atoms with Gasteiger partial charge in [-0.3, -0.25) is 14.4 Å². The van der Waals surface area contributed by atoms with Crippen LogP contribution >= 0.6 is 11.6 Å². The predicted octanol–water partition coefficient (Wildman–Crippen LogP) is 2.26. The van der Waals surface area contributed by atoms with Gasteiger partial charge in [0.1, 0.15) is 11.6 Å². The first-order valence-electron chi connectivity index (χ1n) is 12.5. The Hall–Kier alpha value is -2.68. The Bertz CT molecular complexity index is 1140. The zero-order valence-corrected chi connectivity index (χ0v) is 21.5. The van der Waals surface area contributed by atoms with E-state index in [1.807, 2.05) is 32.1 Å². The molecule has 5 rings (SSSR count). The second kappa shape index (κ2) is 9.32. The number of aliphatic hydroxyl groups is 1. The van der Waals surface area contributed by atoms with Crippen LogP contribution < -0.4 is 4.90 Å². The van der Waals surface area contributed by atoms with Gasteiger partial charge in [-0.25, -0.2) is 0 Å². The van der Waals surface area contributed by atoms with Gasteiger partial charge in [0.15, 0.2) is 0 Å². The summed E-state index contributed by atoms with van der Waals surface area (Å²) in [7, 11) is 1.71. The van der Waals surface area contributed by atoms with E-state index in [2.05, 4.69) is 0 Å². The minimum absolute atomic E-state index is 0.0770. The number of likely N-dealkylation sites (tertiary alicyclic amines) is 1. The first-order chi connectivity index (χ1) is 17.3. The number of rotatable bonds is 5. The van der Waals surface area contributed by atoms with Gasteiger partial charge >= 0.3 is 0 Å². The third-order valence-electron chi connectivity index (χ3n) is 8.29. The van der Waals surface area contributed by atoms with E-state index < -0.39 is 35.6 Å². The van der Waals surface area contributed by atoms with Crippen molar-refractivity contribution in [3.8, 4) is 0 Å². The molecule has 4 aliphatic heterocycles. The van der Waals surface area contributed by atoms with Gasteiger partial charge in [0.05, 0.1) is 41.3 Å². The van der Waals surface area contributed by atoms with Crippen LogP contribution in [0.25, 0.3) is 0 Å². The fourth-order valence-electron chi connectivity index (χ4n) is 6.26. The van der Waals surface area contributed by atoms with Crippen molar-refractivity contribution < 1.29 is 24.2 Å². The summed E-state index contributed by atoms with van der Waals surface area (Å²) in [6.45, 7) is 4.30. The number of aliphatic hydroxyl groups excluding tert-OH is 1. The lowest BCUT2D eigenvalue weighted by atomic mass is 9.77. The summed E-state index contributed by atoms with van der Waals surface area (Å²) in [5.74, 6) is -2.57. The first-order valence-corrected chi connectivity index (χ1v) is 12.9. The van der Waals surface area contributed by atoms with Crippen LogP contribution in [0.4, 0.5) is 5.69 Å². The highest BCUT2D eigenvalue weighted by molar-refractivity contribution is 6.34. The maximum absolute atomic E-state index is 14.4. The Morgan fingerprint density at radius 1 is 1.14 bits per heavy atom. The van der Waals surface area contributed by atoms with E-state index in [4.69, 9.17) is 16.3 Å². The summed E-state index contributed by atoms with van der Waals surface area (Å²) in [5, 5.41) is 10.8. The Balaban J connectivity index is 1.68. The highest BCUT2D eigenvalue weighted by atomic mass is 35.5. The van der Waals surface area contributed by atoms with Crippen LogP contribution in [0, 0.1) is 17.8 Å². The van der Waals surface area contributed by atoms with E-state index in [9.17, 15) is 19.5 Å². The topological polar surface area (TPSA) is 90.4 Å². The van der Waals surface area contributed by atoms with E-state index in [0.717, 1.165) is 0 Å². The largest absolute Gasteiger partial charge is 0.394 e. The molecule has 0 aromatic heterocycles. The first kappa shape index (κ1) is 25.0. The van der Waals surface area contributed by atoms with Gasteiger partial charge < -0.3 is 24.5 Å². The van der Waals surface area contributed by atoms with Crippen molar-refractivity contribution in [3.05, 3.63) is 53.6 Å². The maximum Gasteiger partial charge on any atom is 0.253 e. The number of ether oxygens (including phenoxy) is 1. The summed E-state index contributed by atoms with van der Waals surface area (Å²) in [5.41, 5.74) is -0.799. The fraction of sp³-hybridized carbons (Fsp3) is 0.519.